The number of benzene rings is 2. The molecule has 0 saturated carbocycles. The molecule has 5 heteroatoms. The number of aryl methyl sites for hydroxylation is 1. The maximum Gasteiger partial charge on any atom is 0.156 e. The molecule has 5 nitrogen and oxygen atoms in total. The Hall–Kier alpha value is -3.18. The Labute approximate surface area is 202 Å². The lowest BCUT2D eigenvalue weighted by Gasteiger charge is -2.13. The molecule has 0 unspecified atom stereocenters. The van der Waals surface area contributed by atoms with Crippen molar-refractivity contribution in [2.75, 3.05) is 19.6 Å². The summed E-state index contributed by atoms with van der Waals surface area (Å²) < 4.78 is 7.72. The Bertz CT molecular complexity index is 1210. The normalized spacial score (nSPS) is 14.3. The van der Waals surface area contributed by atoms with E-state index < -0.39 is 0 Å². The fourth-order valence-electron chi connectivity index (χ4n) is 4.74. The highest BCUT2D eigenvalue weighted by molar-refractivity contribution is 5.63. The minimum atomic E-state index is 0.163. The third kappa shape index (κ3) is 5.48. The zero-order valence-electron chi connectivity index (χ0n) is 20.3. The minimum Gasteiger partial charge on any atom is -0.491 e. The lowest BCUT2D eigenvalue weighted by molar-refractivity contribution is 0.242. The van der Waals surface area contributed by atoms with Crippen molar-refractivity contribution >= 4 is 5.65 Å². The molecule has 1 saturated heterocycles. The highest BCUT2D eigenvalue weighted by atomic mass is 16.5. The Balaban J connectivity index is 1.25. The van der Waals surface area contributed by atoms with Gasteiger partial charge in [-0.15, -0.1) is 0 Å². The number of aromatic nitrogens is 3. The second-order valence-corrected chi connectivity index (χ2v) is 9.55. The van der Waals surface area contributed by atoms with Crippen LogP contribution >= 0.6 is 0 Å². The fraction of sp³-hybridized carbons (Fsp3) is 0.379. The molecule has 0 radical (unpaired) electrons. The van der Waals surface area contributed by atoms with E-state index in [-0.39, 0.29) is 6.10 Å². The molecule has 2 aromatic carbocycles. The Morgan fingerprint density at radius 3 is 2.35 bits per heavy atom. The second kappa shape index (κ2) is 10.4. The largest absolute Gasteiger partial charge is 0.491 e. The van der Waals surface area contributed by atoms with Crippen molar-refractivity contribution < 1.29 is 4.74 Å². The van der Waals surface area contributed by atoms with Crippen molar-refractivity contribution in [3.63, 3.8) is 0 Å². The van der Waals surface area contributed by atoms with Gasteiger partial charge in [0.1, 0.15) is 5.75 Å². The number of hydrogen-bond acceptors (Lipinski definition) is 4. The summed E-state index contributed by atoms with van der Waals surface area (Å²) >= 11 is 0. The van der Waals surface area contributed by atoms with E-state index in [1.165, 1.54) is 50.0 Å². The topological polar surface area (TPSA) is 42.7 Å². The maximum atomic E-state index is 5.78. The summed E-state index contributed by atoms with van der Waals surface area (Å²) in [5.41, 5.74) is 5.65. The van der Waals surface area contributed by atoms with Gasteiger partial charge in [0.15, 0.2) is 11.5 Å². The average Bonchev–Trinajstić information content (AvgIpc) is 3.50. The molecule has 2 aromatic heterocycles. The first-order chi connectivity index (χ1) is 16.6. The number of rotatable bonds is 9. The smallest absolute Gasteiger partial charge is 0.156 e. The van der Waals surface area contributed by atoms with Crippen molar-refractivity contribution in [3.8, 4) is 17.0 Å². The number of fused-ring (bicyclic) bond motifs is 1. The number of nitrogens with zero attached hydrogens (tertiary/aromatic N) is 4. The molecule has 1 aliphatic heterocycles. The van der Waals surface area contributed by atoms with Crippen LogP contribution in [0.15, 0.2) is 66.7 Å². The molecule has 176 valence electrons. The molecule has 5 rings (SSSR count). The molecule has 0 atom stereocenters. The van der Waals surface area contributed by atoms with Gasteiger partial charge in [-0.3, -0.25) is 0 Å². The van der Waals surface area contributed by atoms with Crippen LogP contribution in [0.1, 0.15) is 50.1 Å². The molecule has 0 spiro atoms. The van der Waals surface area contributed by atoms with Crippen molar-refractivity contribution in [1.29, 1.82) is 0 Å². The van der Waals surface area contributed by atoms with E-state index in [9.17, 15) is 0 Å². The third-order valence-corrected chi connectivity index (χ3v) is 6.45. The summed E-state index contributed by atoms with van der Waals surface area (Å²) in [6.45, 7) is 7.86. The van der Waals surface area contributed by atoms with Crippen LogP contribution in [0.25, 0.3) is 16.9 Å². The molecule has 4 aromatic rings. The predicted octanol–water partition coefficient (Wildman–Crippen LogP) is 5.80. The Kier molecular flexibility index (Phi) is 6.91. The SMILES string of the molecule is CC(C)Oc1ccc(-c2cccc3nc(Cc4ccc(CCCN5CCCC5)cc4)nn23)cc1. The molecule has 0 N–H and O–H groups in total. The first kappa shape index (κ1) is 22.6. The highest BCUT2D eigenvalue weighted by Gasteiger charge is 2.12. The average molecular weight is 455 g/mol. The van der Waals surface area contributed by atoms with Gasteiger partial charge in [-0.05, 0) is 107 Å². The summed E-state index contributed by atoms with van der Waals surface area (Å²) in [6.07, 6.45) is 6.01. The van der Waals surface area contributed by atoms with Crippen LogP contribution in [0, 0.1) is 0 Å². The first-order valence-electron chi connectivity index (χ1n) is 12.6. The van der Waals surface area contributed by atoms with Crippen LogP contribution in [0.4, 0.5) is 0 Å². The van der Waals surface area contributed by atoms with Crippen LogP contribution in [0.2, 0.25) is 0 Å². The Morgan fingerprint density at radius 1 is 0.882 bits per heavy atom. The minimum absolute atomic E-state index is 0.163. The molecule has 0 aliphatic carbocycles. The van der Waals surface area contributed by atoms with Crippen molar-refractivity contribution in [2.24, 2.45) is 0 Å². The maximum absolute atomic E-state index is 5.78. The van der Waals surface area contributed by atoms with Crippen LogP contribution in [-0.4, -0.2) is 45.2 Å². The number of hydrogen-bond donors (Lipinski definition) is 0. The molecular weight excluding hydrogens is 420 g/mol. The molecular formula is C29H34N4O. The third-order valence-electron chi connectivity index (χ3n) is 6.45. The summed E-state index contributed by atoms with van der Waals surface area (Å²) in [5, 5.41) is 4.84. The number of likely N-dealkylation sites (tertiary alicyclic amines) is 1. The summed E-state index contributed by atoms with van der Waals surface area (Å²) in [4.78, 5) is 7.38. The zero-order chi connectivity index (χ0) is 23.3. The quantitative estimate of drug-likeness (QED) is 0.320. The van der Waals surface area contributed by atoms with Gasteiger partial charge in [0.05, 0.1) is 11.8 Å². The van der Waals surface area contributed by atoms with Gasteiger partial charge in [0.25, 0.3) is 0 Å². The summed E-state index contributed by atoms with van der Waals surface area (Å²) in [5.74, 6) is 1.72. The van der Waals surface area contributed by atoms with E-state index in [1.807, 2.05) is 42.6 Å². The zero-order valence-corrected chi connectivity index (χ0v) is 20.3. The monoisotopic (exact) mass is 454 g/mol. The first-order valence-corrected chi connectivity index (χ1v) is 12.6. The number of pyridine rings is 1. The van der Waals surface area contributed by atoms with E-state index in [4.69, 9.17) is 14.8 Å². The second-order valence-electron chi connectivity index (χ2n) is 9.55. The van der Waals surface area contributed by atoms with Gasteiger partial charge in [0, 0.05) is 12.0 Å². The molecule has 34 heavy (non-hydrogen) atoms. The lowest BCUT2D eigenvalue weighted by Crippen LogP contribution is -2.20. The van der Waals surface area contributed by atoms with E-state index in [0.29, 0.717) is 0 Å². The van der Waals surface area contributed by atoms with Gasteiger partial charge in [-0.25, -0.2) is 9.50 Å². The van der Waals surface area contributed by atoms with Gasteiger partial charge in [0.2, 0.25) is 0 Å². The van der Waals surface area contributed by atoms with E-state index >= 15 is 0 Å². The standard InChI is InChI=1S/C29H34N4O/c1-22(2)34-26-16-14-25(15-17-26)27-8-5-9-29-30-28(31-33(27)29)21-24-12-10-23(11-13-24)7-6-20-32-18-3-4-19-32/h5,8-17,22H,3-4,6-7,18-21H2,1-2H3. The van der Waals surface area contributed by atoms with Gasteiger partial charge in [-0.2, -0.15) is 5.10 Å². The van der Waals surface area contributed by atoms with Gasteiger partial charge >= 0.3 is 0 Å². The molecule has 0 bridgehead atoms. The van der Waals surface area contributed by atoms with Crippen molar-refractivity contribution in [2.45, 2.75) is 52.1 Å². The van der Waals surface area contributed by atoms with E-state index in [0.717, 1.165) is 41.3 Å². The summed E-state index contributed by atoms with van der Waals surface area (Å²) in [7, 11) is 0. The van der Waals surface area contributed by atoms with Crippen molar-refractivity contribution in [1.82, 2.24) is 19.5 Å². The summed E-state index contributed by atoms with van der Waals surface area (Å²) in [6, 6.07) is 23.3. The van der Waals surface area contributed by atoms with Gasteiger partial charge in [-0.1, -0.05) is 30.3 Å². The highest BCUT2D eigenvalue weighted by Crippen LogP contribution is 2.24. The molecule has 0 amide bonds. The van der Waals surface area contributed by atoms with Crippen LogP contribution in [0.5, 0.6) is 5.75 Å². The van der Waals surface area contributed by atoms with Crippen LogP contribution < -0.4 is 4.74 Å². The predicted molar refractivity (Wildman–Crippen MR) is 137 cm³/mol. The van der Waals surface area contributed by atoms with Gasteiger partial charge < -0.3 is 9.64 Å². The Morgan fingerprint density at radius 2 is 1.62 bits per heavy atom. The van der Waals surface area contributed by atoms with Crippen LogP contribution in [0.3, 0.4) is 0 Å². The fourth-order valence-corrected chi connectivity index (χ4v) is 4.74. The lowest BCUT2D eigenvalue weighted by atomic mass is 10.1. The molecule has 1 aliphatic rings. The van der Waals surface area contributed by atoms with E-state index in [1.54, 1.807) is 0 Å². The van der Waals surface area contributed by atoms with E-state index in [2.05, 4.69) is 47.4 Å². The van der Waals surface area contributed by atoms with Crippen LogP contribution in [-0.2, 0) is 12.8 Å². The van der Waals surface area contributed by atoms with Crippen molar-refractivity contribution in [3.05, 3.63) is 83.7 Å². The molecule has 1 fully saturated rings. The molecule has 3 heterocycles. The number of ether oxygens (including phenoxy) is 1.